The fraction of sp³-hybridized carbons (Fsp3) is 0.429. The predicted octanol–water partition coefficient (Wildman–Crippen LogP) is 4.03. The van der Waals surface area contributed by atoms with E-state index >= 15 is 0 Å². The number of aliphatic hydroxyl groups excluding tert-OH is 1. The zero-order valence-electron chi connectivity index (χ0n) is 16.2. The summed E-state index contributed by atoms with van der Waals surface area (Å²) in [6.07, 6.45) is 3.65. The molecule has 7 heteroatoms. The van der Waals surface area contributed by atoms with E-state index in [1.807, 2.05) is 37.3 Å². The van der Waals surface area contributed by atoms with Gasteiger partial charge in [-0.3, -0.25) is 0 Å². The number of aromatic amines is 1. The van der Waals surface area contributed by atoms with Gasteiger partial charge in [0.15, 0.2) is 0 Å². The van der Waals surface area contributed by atoms with E-state index in [1.54, 1.807) is 13.3 Å². The summed E-state index contributed by atoms with van der Waals surface area (Å²) in [5, 5.41) is 10.4. The number of nitrogens with one attached hydrogen (secondary N) is 1. The SMILES string of the molecule is COC1(CC(C)O)CCN(c2cc(-c3nc4ccccc4[nH]3)c(Cl)cn2)CC1. The van der Waals surface area contributed by atoms with Gasteiger partial charge < -0.3 is 19.7 Å². The maximum absolute atomic E-state index is 9.81. The van der Waals surface area contributed by atoms with Gasteiger partial charge >= 0.3 is 0 Å². The standard InChI is InChI=1S/C21H25ClN4O2/c1-14(27)12-21(28-2)7-9-26(10-8-21)19-11-15(16(22)13-23-19)20-24-17-5-3-4-6-18(17)25-20/h3-6,11,13-14,27H,7-10,12H2,1-2H3,(H,24,25). The largest absolute Gasteiger partial charge is 0.393 e. The predicted molar refractivity (Wildman–Crippen MR) is 112 cm³/mol. The number of hydrogen-bond acceptors (Lipinski definition) is 5. The molecular formula is C21H25ClN4O2. The second-order valence-corrected chi connectivity index (χ2v) is 7.96. The van der Waals surface area contributed by atoms with Gasteiger partial charge in [-0.25, -0.2) is 9.97 Å². The molecule has 0 radical (unpaired) electrons. The van der Waals surface area contributed by atoms with Crippen LogP contribution >= 0.6 is 11.6 Å². The van der Waals surface area contributed by atoms with Gasteiger partial charge in [0.25, 0.3) is 0 Å². The lowest BCUT2D eigenvalue weighted by atomic mass is 9.86. The third-order valence-electron chi connectivity index (χ3n) is 5.58. The van der Waals surface area contributed by atoms with Gasteiger partial charge in [0.05, 0.1) is 27.8 Å². The Hall–Kier alpha value is -2.15. The lowest BCUT2D eigenvalue weighted by molar-refractivity contribution is -0.0594. The molecule has 1 aliphatic rings. The van der Waals surface area contributed by atoms with E-state index in [0.29, 0.717) is 11.4 Å². The van der Waals surface area contributed by atoms with Crippen LogP contribution in [0.4, 0.5) is 5.82 Å². The number of para-hydroxylation sites is 2. The molecule has 1 aromatic carbocycles. The van der Waals surface area contributed by atoms with Crippen LogP contribution in [0.25, 0.3) is 22.4 Å². The molecule has 4 rings (SSSR count). The number of H-pyrrole nitrogens is 1. The Morgan fingerprint density at radius 3 is 2.75 bits per heavy atom. The van der Waals surface area contributed by atoms with Gasteiger partial charge in [-0.05, 0) is 38.0 Å². The molecular weight excluding hydrogens is 376 g/mol. The Labute approximate surface area is 169 Å². The molecule has 28 heavy (non-hydrogen) atoms. The fourth-order valence-electron chi connectivity index (χ4n) is 4.04. The molecule has 2 aromatic heterocycles. The van der Waals surface area contributed by atoms with Crippen LogP contribution in [-0.4, -0.2) is 52.0 Å². The van der Waals surface area contributed by atoms with Gasteiger partial charge in [0, 0.05) is 38.4 Å². The second kappa shape index (κ2) is 7.70. The van der Waals surface area contributed by atoms with E-state index < -0.39 is 0 Å². The highest BCUT2D eigenvalue weighted by Gasteiger charge is 2.36. The lowest BCUT2D eigenvalue weighted by Crippen LogP contribution is -2.47. The number of hydrogen-bond donors (Lipinski definition) is 2. The van der Waals surface area contributed by atoms with E-state index in [4.69, 9.17) is 16.3 Å². The van der Waals surface area contributed by atoms with E-state index in [-0.39, 0.29) is 11.7 Å². The number of aliphatic hydroxyl groups is 1. The van der Waals surface area contributed by atoms with Crippen LogP contribution in [0.2, 0.25) is 5.02 Å². The summed E-state index contributed by atoms with van der Waals surface area (Å²) in [5.74, 6) is 1.62. The number of pyridine rings is 1. The quantitative estimate of drug-likeness (QED) is 0.676. The summed E-state index contributed by atoms with van der Waals surface area (Å²) < 4.78 is 5.78. The Kier molecular flexibility index (Phi) is 5.27. The first-order valence-electron chi connectivity index (χ1n) is 9.58. The zero-order chi connectivity index (χ0) is 19.7. The molecule has 6 nitrogen and oxygen atoms in total. The number of imidazole rings is 1. The van der Waals surface area contributed by atoms with E-state index in [0.717, 1.165) is 54.2 Å². The second-order valence-electron chi connectivity index (χ2n) is 7.55. The molecule has 0 amide bonds. The van der Waals surface area contributed by atoms with Crippen molar-refractivity contribution < 1.29 is 9.84 Å². The molecule has 1 saturated heterocycles. The van der Waals surface area contributed by atoms with Gasteiger partial charge in [0.1, 0.15) is 11.6 Å². The first kappa shape index (κ1) is 19.2. The van der Waals surface area contributed by atoms with Crippen LogP contribution in [-0.2, 0) is 4.74 Å². The number of aromatic nitrogens is 3. The minimum atomic E-state index is -0.375. The fourth-order valence-corrected chi connectivity index (χ4v) is 4.23. The Bertz CT molecular complexity index is 931. The van der Waals surface area contributed by atoms with E-state index in [1.165, 1.54) is 0 Å². The average molecular weight is 401 g/mol. The smallest absolute Gasteiger partial charge is 0.140 e. The van der Waals surface area contributed by atoms with E-state index in [2.05, 4.69) is 19.9 Å². The molecule has 148 valence electrons. The van der Waals surface area contributed by atoms with Crippen molar-refractivity contribution in [2.75, 3.05) is 25.1 Å². The number of benzene rings is 1. The monoisotopic (exact) mass is 400 g/mol. The van der Waals surface area contributed by atoms with Crippen molar-refractivity contribution >= 4 is 28.5 Å². The number of fused-ring (bicyclic) bond motifs is 1. The van der Waals surface area contributed by atoms with Crippen LogP contribution in [0.3, 0.4) is 0 Å². The van der Waals surface area contributed by atoms with E-state index in [9.17, 15) is 5.11 Å². The summed E-state index contributed by atoms with van der Waals surface area (Å²) >= 11 is 6.43. The van der Waals surface area contributed by atoms with Gasteiger partial charge in [0.2, 0.25) is 0 Å². The van der Waals surface area contributed by atoms with Crippen molar-refractivity contribution in [2.24, 2.45) is 0 Å². The Morgan fingerprint density at radius 2 is 2.07 bits per heavy atom. The zero-order valence-corrected chi connectivity index (χ0v) is 16.9. The van der Waals surface area contributed by atoms with Crippen molar-refractivity contribution in [3.05, 3.63) is 41.6 Å². The first-order chi connectivity index (χ1) is 13.5. The topological polar surface area (TPSA) is 74.3 Å². The third-order valence-corrected chi connectivity index (χ3v) is 5.89. The molecule has 1 atom stereocenters. The highest BCUT2D eigenvalue weighted by molar-refractivity contribution is 6.33. The maximum atomic E-state index is 9.81. The van der Waals surface area contributed by atoms with Crippen molar-refractivity contribution in [3.8, 4) is 11.4 Å². The molecule has 0 aliphatic carbocycles. The molecule has 1 unspecified atom stereocenters. The van der Waals surface area contributed by atoms with Gasteiger partial charge in [-0.15, -0.1) is 0 Å². The Balaban J connectivity index is 1.58. The van der Waals surface area contributed by atoms with Crippen molar-refractivity contribution in [2.45, 2.75) is 37.9 Å². The van der Waals surface area contributed by atoms with Crippen molar-refractivity contribution in [1.29, 1.82) is 0 Å². The van der Waals surface area contributed by atoms with Crippen LogP contribution in [0, 0.1) is 0 Å². The molecule has 0 bridgehead atoms. The summed E-state index contributed by atoms with van der Waals surface area (Å²) in [4.78, 5) is 14.8. The summed E-state index contributed by atoms with van der Waals surface area (Å²) in [7, 11) is 1.73. The molecule has 0 saturated carbocycles. The molecule has 1 fully saturated rings. The highest BCUT2D eigenvalue weighted by atomic mass is 35.5. The number of methoxy groups -OCH3 is 1. The van der Waals surface area contributed by atoms with Crippen molar-refractivity contribution in [1.82, 2.24) is 15.0 Å². The van der Waals surface area contributed by atoms with Crippen molar-refractivity contribution in [3.63, 3.8) is 0 Å². The average Bonchev–Trinajstić information content (AvgIpc) is 3.12. The lowest BCUT2D eigenvalue weighted by Gasteiger charge is -2.42. The van der Waals surface area contributed by atoms with Crippen LogP contribution in [0.15, 0.2) is 36.5 Å². The minimum absolute atomic E-state index is 0.265. The third kappa shape index (κ3) is 3.72. The number of nitrogens with zero attached hydrogens (tertiary/aromatic N) is 3. The molecule has 1 aliphatic heterocycles. The number of ether oxygens (including phenoxy) is 1. The number of piperidine rings is 1. The molecule has 2 N–H and O–H groups in total. The van der Waals surface area contributed by atoms with Crippen LogP contribution in [0.1, 0.15) is 26.2 Å². The van der Waals surface area contributed by atoms with Gasteiger partial charge in [-0.2, -0.15) is 0 Å². The number of rotatable bonds is 5. The highest BCUT2D eigenvalue weighted by Crippen LogP contribution is 2.34. The minimum Gasteiger partial charge on any atom is -0.393 e. The molecule has 3 heterocycles. The maximum Gasteiger partial charge on any atom is 0.140 e. The number of halogens is 1. The first-order valence-corrected chi connectivity index (χ1v) is 9.96. The summed E-state index contributed by atoms with van der Waals surface area (Å²) in [5.41, 5.74) is 2.47. The molecule has 0 spiro atoms. The number of anilines is 1. The van der Waals surface area contributed by atoms with Gasteiger partial charge in [-0.1, -0.05) is 23.7 Å². The molecule has 3 aromatic rings. The summed E-state index contributed by atoms with van der Waals surface area (Å²) in [6, 6.07) is 9.92. The van der Waals surface area contributed by atoms with Crippen LogP contribution in [0.5, 0.6) is 0 Å². The Morgan fingerprint density at radius 1 is 1.32 bits per heavy atom. The van der Waals surface area contributed by atoms with Crippen LogP contribution < -0.4 is 4.90 Å². The summed E-state index contributed by atoms with van der Waals surface area (Å²) in [6.45, 7) is 3.44. The normalized spacial score (nSPS) is 17.8.